The molecule has 1 aliphatic heterocycles. The highest BCUT2D eigenvalue weighted by Gasteiger charge is 2.12. The van der Waals surface area contributed by atoms with Crippen molar-refractivity contribution in [1.82, 2.24) is 4.90 Å². The minimum Gasteiger partial charge on any atom is -0.379 e. The number of carbonyl (C=O) groups is 1. The number of rotatable bonds is 4. The lowest BCUT2D eigenvalue weighted by Crippen LogP contribution is -2.35. The van der Waals surface area contributed by atoms with Crippen LogP contribution in [0.1, 0.15) is 15.9 Å². The Hall–Kier alpha value is -1.88. The first kappa shape index (κ1) is 16.0. The van der Waals surface area contributed by atoms with Gasteiger partial charge in [-0.25, -0.2) is 0 Å². The third kappa shape index (κ3) is 4.55. The molecule has 23 heavy (non-hydrogen) atoms. The van der Waals surface area contributed by atoms with Crippen LogP contribution in [0.2, 0.25) is 5.02 Å². The molecule has 1 aliphatic rings. The largest absolute Gasteiger partial charge is 0.379 e. The Bertz CT molecular complexity index is 684. The van der Waals surface area contributed by atoms with Crippen molar-refractivity contribution in [2.75, 3.05) is 31.6 Å². The molecule has 1 N–H and O–H groups in total. The summed E-state index contributed by atoms with van der Waals surface area (Å²) in [4.78, 5) is 14.7. The molecule has 0 radical (unpaired) electrons. The van der Waals surface area contributed by atoms with E-state index in [1.54, 1.807) is 12.1 Å². The first-order chi connectivity index (χ1) is 11.2. The molecule has 4 nitrogen and oxygen atoms in total. The van der Waals surface area contributed by atoms with E-state index in [1.807, 2.05) is 36.4 Å². The van der Waals surface area contributed by atoms with Crippen molar-refractivity contribution in [3.8, 4) is 0 Å². The second kappa shape index (κ2) is 7.59. The lowest BCUT2D eigenvalue weighted by atomic mass is 10.1. The van der Waals surface area contributed by atoms with Crippen LogP contribution in [0, 0.1) is 0 Å². The van der Waals surface area contributed by atoms with Gasteiger partial charge in [-0.2, -0.15) is 0 Å². The Morgan fingerprint density at radius 3 is 2.70 bits per heavy atom. The predicted octanol–water partition coefficient (Wildman–Crippen LogP) is 3.42. The molecule has 2 aromatic rings. The monoisotopic (exact) mass is 330 g/mol. The number of nitrogens with one attached hydrogen (secondary N) is 1. The molecule has 0 spiro atoms. The summed E-state index contributed by atoms with van der Waals surface area (Å²) < 4.78 is 5.36. The highest BCUT2D eigenvalue weighted by atomic mass is 35.5. The Labute approximate surface area is 141 Å². The third-order valence-corrected chi connectivity index (χ3v) is 4.02. The minimum absolute atomic E-state index is 0.129. The molecule has 3 rings (SSSR count). The van der Waals surface area contributed by atoms with E-state index in [-0.39, 0.29) is 5.91 Å². The molecule has 1 heterocycles. The number of morpholine rings is 1. The van der Waals surface area contributed by atoms with Crippen LogP contribution < -0.4 is 5.32 Å². The number of anilines is 1. The first-order valence-electron chi connectivity index (χ1n) is 7.67. The summed E-state index contributed by atoms with van der Waals surface area (Å²) in [6, 6.07) is 14.9. The van der Waals surface area contributed by atoms with E-state index in [1.165, 1.54) is 0 Å². The van der Waals surface area contributed by atoms with Crippen LogP contribution in [-0.2, 0) is 11.3 Å². The van der Waals surface area contributed by atoms with Gasteiger partial charge in [-0.1, -0.05) is 29.8 Å². The standard InChI is InChI=1S/C18H19ClN2O2/c19-16-5-2-6-17(12-16)20-18(22)15-4-1-3-14(11-15)13-21-7-9-23-10-8-21/h1-6,11-12H,7-10,13H2,(H,20,22). The van der Waals surface area contributed by atoms with Gasteiger partial charge in [0, 0.05) is 35.9 Å². The fraction of sp³-hybridized carbons (Fsp3) is 0.278. The number of hydrogen-bond donors (Lipinski definition) is 1. The zero-order valence-electron chi connectivity index (χ0n) is 12.8. The van der Waals surface area contributed by atoms with Crippen LogP contribution in [0.15, 0.2) is 48.5 Å². The highest BCUT2D eigenvalue weighted by Crippen LogP contribution is 2.17. The van der Waals surface area contributed by atoms with Crippen molar-refractivity contribution < 1.29 is 9.53 Å². The maximum atomic E-state index is 12.4. The predicted molar refractivity (Wildman–Crippen MR) is 91.9 cm³/mol. The molecule has 0 aromatic heterocycles. The van der Waals surface area contributed by atoms with Crippen molar-refractivity contribution in [2.45, 2.75) is 6.54 Å². The molecular weight excluding hydrogens is 312 g/mol. The molecule has 0 aliphatic carbocycles. The second-order valence-electron chi connectivity index (χ2n) is 5.55. The first-order valence-corrected chi connectivity index (χ1v) is 8.04. The Kier molecular flexibility index (Phi) is 5.28. The third-order valence-electron chi connectivity index (χ3n) is 3.78. The molecule has 0 saturated carbocycles. The van der Waals surface area contributed by atoms with Gasteiger partial charge in [0.2, 0.25) is 0 Å². The normalized spacial score (nSPS) is 15.3. The van der Waals surface area contributed by atoms with Gasteiger partial charge in [-0.3, -0.25) is 9.69 Å². The number of nitrogens with zero attached hydrogens (tertiary/aromatic N) is 1. The van der Waals surface area contributed by atoms with E-state index in [2.05, 4.69) is 10.2 Å². The molecule has 0 atom stereocenters. The highest BCUT2D eigenvalue weighted by molar-refractivity contribution is 6.30. The summed E-state index contributed by atoms with van der Waals surface area (Å²) in [5.41, 5.74) is 2.47. The van der Waals surface area contributed by atoms with Gasteiger partial charge in [-0.15, -0.1) is 0 Å². The molecule has 0 unspecified atom stereocenters. The number of benzene rings is 2. The average molecular weight is 331 g/mol. The molecule has 120 valence electrons. The summed E-state index contributed by atoms with van der Waals surface area (Å²) in [6.07, 6.45) is 0. The van der Waals surface area contributed by atoms with Crippen molar-refractivity contribution in [2.24, 2.45) is 0 Å². The summed E-state index contributed by atoms with van der Waals surface area (Å²) in [6.45, 7) is 4.24. The van der Waals surface area contributed by atoms with Crippen LogP contribution >= 0.6 is 11.6 Å². The SMILES string of the molecule is O=C(Nc1cccc(Cl)c1)c1cccc(CN2CCOCC2)c1. The van der Waals surface area contributed by atoms with Crippen LogP contribution in [0.4, 0.5) is 5.69 Å². The van der Waals surface area contributed by atoms with Crippen LogP contribution in [0.3, 0.4) is 0 Å². The Balaban J connectivity index is 1.67. The van der Waals surface area contributed by atoms with Crippen LogP contribution in [-0.4, -0.2) is 37.1 Å². The summed E-state index contributed by atoms with van der Waals surface area (Å²) in [5.74, 6) is -0.129. The molecule has 1 fully saturated rings. The van der Waals surface area contributed by atoms with Gasteiger partial charge in [0.15, 0.2) is 0 Å². The van der Waals surface area contributed by atoms with Gasteiger partial charge in [0.25, 0.3) is 5.91 Å². The van der Waals surface area contributed by atoms with E-state index in [9.17, 15) is 4.79 Å². The van der Waals surface area contributed by atoms with Gasteiger partial charge >= 0.3 is 0 Å². The summed E-state index contributed by atoms with van der Waals surface area (Å²) in [5, 5.41) is 3.47. The molecule has 1 amide bonds. The quantitative estimate of drug-likeness (QED) is 0.934. The average Bonchev–Trinajstić information content (AvgIpc) is 2.56. The van der Waals surface area contributed by atoms with Gasteiger partial charge in [0.1, 0.15) is 0 Å². The lowest BCUT2D eigenvalue weighted by molar-refractivity contribution is 0.0342. The zero-order valence-corrected chi connectivity index (χ0v) is 13.6. The topological polar surface area (TPSA) is 41.6 Å². The van der Waals surface area contributed by atoms with E-state index in [4.69, 9.17) is 16.3 Å². The number of hydrogen-bond acceptors (Lipinski definition) is 3. The van der Waals surface area contributed by atoms with E-state index < -0.39 is 0 Å². The molecule has 0 bridgehead atoms. The van der Waals surface area contributed by atoms with E-state index >= 15 is 0 Å². The van der Waals surface area contributed by atoms with E-state index in [0.717, 1.165) is 38.4 Å². The van der Waals surface area contributed by atoms with Gasteiger partial charge < -0.3 is 10.1 Å². The number of carbonyl (C=O) groups excluding carboxylic acids is 1. The smallest absolute Gasteiger partial charge is 0.255 e. The Morgan fingerprint density at radius 1 is 1.13 bits per heavy atom. The molecule has 5 heteroatoms. The van der Waals surface area contributed by atoms with Crippen molar-refractivity contribution in [3.63, 3.8) is 0 Å². The number of halogens is 1. The summed E-state index contributed by atoms with van der Waals surface area (Å²) in [7, 11) is 0. The summed E-state index contributed by atoms with van der Waals surface area (Å²) >= 11 is 5.94. The van der Waals surface area contributed by atoms with Crippen molar-refractivity contribution in [3.05, 3.63) is 64.7 Å². The van der Waals surface area contributed by atoms with E-state index in [0.29, 0.717) is 16.3 Å². The molecule has 1 saturated heterocycles. The van der Waals surface area contributed by atoms with Gasteiger partial charge in [-0.05, 0) is 35.9 Å². The van der Waals surface area contributed by atoms with Crippen LogP contribution in [0.5, 0.6) is 0 Å². The van der Waals surface area contributed by atoms with Crippen LogP contribution in [0.25, 0.3) is 0 Å². The second-order valence-corrected chi connectivity index (χ2v) is 5.99. The van der Waals surface area contributed by atoms with Crippen molar-refractivity contribution >= 4 is 23.2 Å². The van der Waals surface area contributed by atoms with Crippen molar-refractivity contribution in [1.29, 1.82) is 0 Å². The maximum absolute atomic E-state index is 12.4. The molecular formula is C18H19ClN2O2. The zero-order chi connectivity index (χ0) is 16.1. The molecule has 2 aromatic carbocycles. The fourth-order valence-corrected chi connectivity index (χ4v) is 2.79. The van der Waals surface area contributed by atoms with Gasteiger partial charge in [0.05, 0.1) is 13.2 Å². The number of amides is 1. The lowest BCUT2D eigenvalue weighted by Gasteiger charge is -2.26. The minimum atomic E-state index is -0.129. The number of ether oxygens (including phenoxy) is 1. The Morgan fingerprint density at radius 2 is 1.91 bits per heavy atom. The fourth-order valence-electron chi connectivity index (χ4n) is 2.60. The maximum Gasteiger partial charge on any atom is 0.255 e.